The van der Waals surface area contributed by atoms with E-state index in [1.807, 2.05) is 36.7 Å². The molecule has 6 aromatic carbocycles. The largest absolute Gasteiger partial charge is 3.00 e. The van der Waals surface area contributed by atoms with Crippen LogP contribution < -0.4 is 0 Å². The molecule has 11 rings (SSSR count). The monoisotopic (exact) mass is 1240 g/mol. The van der Waals surface area contributed by atoms with Crippen molar-refractivity contribution in [1.29, 1.82) is 0 Å². The summed E-state index contributed by atoms with van der Waals surface area (Å²) in [4.78, 5) is 15.2. The van der Waals surface area contributed by atoms with Crippen LogP contribution in [0.25, 0.3) is 67.2 Å². The predicted octanol–water partition coefficient (Wildman–Crippen LogP) is 18.2. The molecule has 2 unspecified atom stereocenters. The second-order valence-electron chi connectivity index (χ2n) is 21.2. The molecule has 0 radical (unpaired) electrons. The van der Waals surface area contributed by atoms with Gasteiger partial charge < -0.3 is 15.0 Å². The first kappa shape index (κ1) is 49.9. The van der Waals surface area contributed by atoms with Crippen molar-refractivity contribution in [2.45, 2.75) is 89.4 Å². The minimum atomic E-state index is 0. The molecule has 6 heteroatoms. The molecular weight excluding hydrogens is 1190 g/mol. The molecule has 0 aliphatic heterocycles. The molecule has 3 nitrogen and oxygen atoms in total. The van der Waals surface area contributed by atoms with Gasteiger partial charge >= 0.3 is 20.1 Å². The van der Waals surface area contributed by atoms with Gasteiger partial charge in [0.25, 0.3) is 0 Å². The molecule has 2 atom stereocenters. The second-order valence-corrected chi connectivity index (χ2v) is 23.1. The summed E-state index contributed by atoms with van der Waals surface area (Å²) < 4.78 is 2.03. The number of pyridine rings is 3. The van der Waals surface area contributed by atoms with Gasteiger partial charge in [0.05, 0.1) is 0 Å². The Morgan fingerprint density at radius 2 is 0.792 bits per heavy atom. The van der Waals surface area contributed by atoms with Crippen LogP contribution in [0, 0.1) is 23.6 Å². The van der Waals surface area contributed by atoms with Crippen LogP contribution >= 0.6 is 31.9 Å². The number of hydrogen-bond donors (Lipinski definition) is 0. The smallest absolute Gasteiger partial charge is 0.304 e. The molecule has 2 aliphatic rings. The Bertz CT molecular complexity index is 3270. The minimum Gasteiger partial charge on any atom is -0.304 e. The summed E-state index contributed by atoms with van der Waals surface area (Å²) in [7, 11) is 0. The van der Waals surface area contributed by atoms with Gasteiger partial charge in [-0.3, -0.25) is 0 Å². The summed E-state index contributed by atoms with van der Waals surface area (Å²) in [5, 5.41) is 0. The predicted molar refractivity (Wildman–Crippen MR) is 299 cm³/mol. The molecule has 0 amide bonds. The quantitative estimate of drug-likeness (QED) is 0.135. The molecule has 72 heavy (non-hydrogen) atoms. The summed E-state index contributed by atoms with van der Waals surface area (Å²) in [6.07, 6.45) is 9.20. The third kappa shape index (κ3) is 9.12. The van der Waals surface area contributed by atoms with Gasteiger partial charge in [-0.25, -0.2) is 0 Å². The van der Waals surface area contributed by atoms with Crippen molar-refractivity contribution in [2.75, 3.05) is 0 Å². The molecule has 1 saturated carbocycles. The molecule has 1 fully saturated rings. The fourth-order valence-corrected chi connectivity index (χ4v) is 12.6. The maximum atomic E-state index is 5.18. The van der Waals surface area contributed by atoms with E-state index < -0.39 is 0 Å². The van der Waals surface area contributed by atoms with Gasteiger partial charge in [-0.15, -0.1) is 94.5 Å². The maximum absolute atomic E-state index is 5.18. The molecule has 0 bridgehead atoms. The van der Waals surface area contributed by atoms with Crippen molar-refractivity contribution in [1.82, 2.24) is 15.0 Å². The van der Waals surface area contributed by atoms with Crippen molar-refractivity contribution < 1.29 is 20.1 Å². The Morgan fingerprint density at radius 3 is 1.15 bits per heavy atom. The third-order valence-corrected chi connectivity index (χ3v) is 17.9. The van der Waals surface area contributed by atoms with Crippen LogP contribution in [0.15, 0.2) is 185 Å². The van der Waals surface area contributed by atoms with Crippen molar-refractivity contribution in [3.05, 3.63) is 231 Å². The molecular formula is C66H56Br2IrN3. The van der Waals surface area contributed by atoms with Crippen LogP contribution in [0.1, 0.15) is 106 Å². The fourth-order valence-electron chi connectivity index (χ4n) is 11.9. The average Bonchev–Trinajstić information content (AvgIpc) is 3.51. The number of hydrogen-bond acceptors (Lipinski definition) is 3. The van der Waals surface area contributed by atoms with Gasteiger partial charge in [0.15, 0.2) is 0 Å². The number of rotatable bonds is 9. The molecule has 3 aromatic heterocycles. The van der Waals surface area contributed by atoms with Crippen LogP contribution in [0.2, 0.25) is 0 Å². The molecule has 2 aliphatic carbocycles. The van der Waals surface area contributed by atoms with E-state index in [9.17, 15) is 0 Å². The van der Waals surface area contributed by atoms with Crippen LogP contribution in [-0.4, -0.2) is 15.0 Å². The average molecular weight is 1240 g/mol. The summed E-state index contributed by atoms with van der Waals surface area (Å²) in [6, 6.07) is 67.2. The molecule has 0 N–H and O–H groups in total. The summed E-state index contributed by atoms with van der Waals surface area (Å²) >= 11 is 7.25. The first-order chi connectivity index (χ1) is 34.3. The molecule has 0 spiro atoms. The number of aromatic nitrogens is 3. The summed E-state index contributed by atoms with van der Waals surface area (Å²) in [6.45, 7) is 14.4. The Morgan fingerprint density at radius 1 is 0.431 bits per heavy atom. The van der Waals surface area contributed by atoms with Crippen molar-refractivity contribution >= 4 is 31.9 Å². The van der Waals surface area contributed by atoms with E-state index in [-0.39, 0.29) is 54.1 Å². The third-order valence-electron chi connectivity index (χ3n) is 16.9. The second kappa shape index (κ2) is 20.0. The zero-order valence-corrected chi connectivity index (χ0v) is 47.1. The number of benzene rings is 6. The fraction of sp³-hybridized carbons (Fsp3) is 0.227. The van der Waals surface area contributed by atoms with Gasteiger partial charge in [0, 0.05) is 18.6 Å². The SMILES string of the molecule is CC1(C)c2c[c-]c(-c3ccc(-c4ccccc4C4CC(c5ccccc5-c5ccc(-c6[c-]ccc(Br)c6)nc5)CC(c5ccccc5-c5ccc(-c6[c-]ccc(Br)c6)nc5)C4)cn3)cc2C(C)(C)C1(C)C.[Ir+3]. The maximum Gasteiger partial charge on any atom is 3.00 e. The Hall–Kier alpha value is -5.62. The number of fused-ring (bicyclic) bond motifs is 1. The first-order valence-electron chi connectivity index (χ1n) is 24.8. The van der Waals surface area contributed by atoms with Gasteiger partial charge in [-0.1, -0.05) is 192 Å². The molecule has 9 aromatic rings. The Balaban J connectivity index is 0.00000596. The Labute approximate surface area is 456 Å². The van der Waals surface area contributed by atoms with Crippen molar-refractivity contribution in [3.8, 4) is 67.2 Å². The van der Waals surface area contributed by atoms with E-state index >= 15 is 0 Å². The topological polar surface area (TPSA) is 38.7 Å². The normalized spacial score (nSPS) is 18.5. The summed E-state index contributed by atoms with van der Waals surface area (Å²) in [5.41, 5.74) is 19.9. The molecule has 3 heterocycles. The zero-order valence-electron chi connectivity index (χ0n) is 41.5. The standard InChI is InChI=1S/C66H56Br2N3.Ir/c1-64(2)59-29-25-44(38-60(59)65(3,4)66(64,5)6)63-32-28-47(41-71-63)55-21-9-12-24-58(55)50-34-48(56-22-10-7-19-53(56)45-26-30-61(69-39-45)42-15-13-17-51(67)36-42)33-49(35-50)57-23-11-8-20-54(57)46-27-31-62(70-40-46)43-16-14-18-52(68)37-43;/h7-14,17-24,26-32,36-41,48-50H,33-35H2,1-6H3;/q-3;+3. The van der Waals surface area contributed by atoms with E-state index in [1.54, 1.807) is 0 Å². The number of halogens is 2. The first-order valence-corrected chi connectivity index (χ1v) is 26.4. The van der Waals surface area contributed by atoms with E-state index in [2.05, 4.69) is 231 Å². The van der Waals surface area contributed by atoms with Crippen molar-refractivity contribution in [3.63, 3.8) is 0 Å². The van der Waals surface area contributed by atoms with Gasteiger partial charge in [-0.05, 0) is 120 Å². The van der Waals surface area contributed by atoms with Crippen LogP contribution in [0.4, 0.5) is 0 Å². The molecule has 358 valence electrons. The van der Waals surface area contributed by atoms with E-state index in [4.69, 9.17) is 15.0 Å². The van der Waals surface area contributed by atoms with E-state index in [0.29, 0.717) is 0 Å². The van der Waals surface area contributed by atoms with E-state index in [0.717, 1.165) is 78.7 Å². The van der Waals surface area contributed by atoms with Crippen molar-refractivity contribution in [2.24, 2.45) is 5.41 Å². The van der Waals surface area contributed by atoms with Crippen LogP contribution in [-0.2, 0) is 30.9 Å². The van der Waals surface area contributed by atoms with Gasteiger partial charge in [-0.2, -0.15) is 0 Å². The Kier molecular flexibility index (Phi) is 13.9. The summed E-state index contributed by atoms with van der Waals surface area (Å²) in [5.74, 6) is 0.823. The van der Waals surface area contributed by atoms with Crippen LogP contribution in [0.5, 0.6) is 0 Å². The van der Waals surface area contributed by atoms with Gasteiger partial charge in [0.1, 0.15) is 0 Å². The number of nitrogens with zero attached hydrogens (tertiary/aromatic N) is 3. The zero-order chi connectivity index (χ0) is 49.1. The van der Waals surface area contributed by atoms with Crippen LogP contribution in [0.3, 0.4) is 0 Å². The van der Waals surface area contributed by atoms with E-state index in [1.165, 1.54) is 44.5 Å². The van der Waals surface area contributed by atoms with Gasteiger partial charge in [0.2, 0.25) is 0 Å². The minimum absolute atomic E-state index is 0. The molecule has 0 saturated heterocycles.